The number of carbonyl (C=O) groups excluding carboxylic acids is 3. The maximum Gasteiger partial charge on any atom is 0.316 e. The lowest BCUT2D eigenvalue weighted by atomic mass is 9.96. The van der Waals surface area contributed by atoms with E-state index in [4.69, 9.17) is 4.74 Å². The molecule has 0 N–H and O–H groups in total. The number of rotatable bonds is 6. The molecular formula is C23H25NO4. The van der Waals surface area contributed by atoms with Crippen molar-refractivity contribution in [1.82, 2.24) is 0 Å². The van der Waals surface area contributed by atoms with E-state index in [9.17, 15) is 14.4 Å². The van der Waals surface area contributed by atoms with Crippen LogP contribution in [0.4, 0.5) is 5.69 Å². The van der Waals surface area contributed by atoms with Gasteiger partial charge in [-0.1, -0.05) is 32.0 Å². The molecule has 28 heavy (non-hydrogen) atoms. The monoisotopic (exact) mass is 379 g/mol. The topological polar surface area (TPSA) is 63.7 Å². The van der Waals surface area contributed by atoms with Crippen LogP contribution in [-0.2, 0) is 9.59 Å². The normalized spacial score (nSPS) is 17.5. The number of amides is 1. The molecule has 1 saturated heterocycles. The van der Waals surface area contributed by atoms with Gasteiger partial charge in [0.05, 0.1) is 5.92 Å². The fourth-order valence-electron chi connectivity index (χ4n) is 3.43. The number of ether oxygens (including phenoxy) is 1. The standard InChI is InChI=1S/C23H25NO4/c1-4-15(2)20-7-5-6-8-21(20)24-14-18(13-22(24)26)23(27)28-19-11-9-17(10-12-19)16(3)25/h5-12,15,18H,4,13-14H2,1-3H3/t15-,18+/m0/s1. The van der Waals surface area contributed by atoms with Crippen LogP contribution in [0.25, 0.3) is 0 Å². The lowest BCUT2D eigenvalue weighted by Crippen LogP contribution is -2.28. The molecule has 2 atom stereocenters. The summed E-state index contributed by atoms with van der Waals surface area (Å²) < 4.78 is 5.44. The van der Waals surface area contributed by atoms with Crippen molar-refractivity contribution in [3.05, 3.63) is 59.7 Å². The van der Waals surface area contributed by atoms with Gasteiger partial charge in [-0.3, -0.25) is 14.4 Å². The zero-order valence-electron chi connectivity index (χ0n) is 16.5. The second kappa shape index (κ2) is 8.38. The first kappa shape index (κ1) is 19.8. The molecule has 1 amide bonds. The van der Waals surface area contributed by atoms with Crippen LogP contribution >= 0.6 is 0 Å². The van der Waals surface area contributed by atoms with E-state index in [2.05, 4.69) is 13.8 Å². The maximum absolute atomic E-state index is 12.6. The van der Waals surface area contributed by atoms with Gasteiger partial charge in [0.15, 0.2) is 5.78 Å². The minimum atomic E-state index is -0.509. The summed E-state index contributed by atoms with van der Waals surface area (Å²) in [4.78, 5) is 38.2. The molecule has 2 aromatic rings. The predicted octanol–water partition coefficient (Wildman–Crippen LogP) is 4.36. The highest BCUT2D eigenvalue weighted by atomic mass is 16.5. The summed E-state index contributed by atoms with van der Waals surface area (Å²) in [6, 6.07) is 14.3. The van der Waals surface area contributed by atoms with Crippen molar-refractivity contribution in [3.8, 4) is 5.75 Å². The van der Waals surface area contributed by atoms with Crippen LogP contribution in [-0.4, -0.2) is 24.2 Å². The third-order valence-electron chi connectivity index (χ3n) is 5.31. The van der Waals surface area contributed by atoms with Crippen LogP contribution in [0.5, 0.6) is 5.75 Å². The Hall–Kier alpha value is -2.95. The number of para-hydroxylation sites is 1. The second-order valence-corrected chi connectivity index (χ2v) is 7.28. The van der Waals surface area contributed by atoms with Crippen LogP contribution in [0.1, 0.15) is 55.5 Å². The molecular weight excluding hydrogens is 354 g/mol. The molecule has 0 saturated carbocycles. The first-order valence-corrected chi connectivity index (χ1v) is 9.62. The summed E-state index contributed by atoms with van der Waals surface area (Å²) in [5, 5.41) is 0. The summed E-state index contributed by atoms with van der Waals surface area (Å²) in [7, 11) is 0. The number of benzene rings is 2. The van der Waals surface area contributed by atoms with Crippen molar-refractivity contribution in [2.75, 3.05) is 11.4 Å². The van der Waals surface area contributed by atoms with Gasteiger partial charge in [-0.25, -0.2) is 0 Å². The van der Waals surface area contributed by atoms with E-state index in [0.717, 1.165) is 17.7 Å². The van der Waals surface area contributed by atoms with Crippen LogP contribution in [0.3, 0.4) is 0 Å². The van der Waals surface area contributed by atoms with Gasteiger partial charge in [-0.15, -0.1) is 0 Å². The average Bonchev–Trinajstić information content (AvgIpc) is 3.09. The molecule has 0 aromatic heterocycles. The Bertz CT molecular complexity index is 888. The van der Waals surface area contributed by atoms with Gasteiger partial charge in [0.1, 0.15) is 5.75 Å². The summed E-state index contributed by atoms with van der Waals surface area (Å²) in [6.07, 6.45) is 1.11. The number of nitrogens with zero attached hydrogens (tertiary/aromatic N) is 1. The fourth-order valence-corrected chi connectivity index (χ4v) is 3.43. The smallest absolute Gasteiger partial charge is 0.316 e. The zero-order valence-corrected chi connectivity index (χ0v) is 16.5. The summed E-state index contributed by atoms with van der Waals surface area (Å²) in [6.45, 7) is 6.05. The molecule has 5 heteroatoms. The Morgan fingerprint density at radius 3 is 2.46 bits per heavy atom. The highest BCUT2D eigenvalue weighted by molar-refractivity contribution is 6.00. The fraction of sp³-hybridized carbons (Fsp3) is 0.348. The largest absolute Gasteiger partial charge is 0.426 e. The van der Waals surface area contributed by atoms with Gasteiger partial charge >= 0.3 is 5.97 Å². The summed E-state index contributed by atoms with van der Waals surface area (Å²) >= 11 is 0. The molecule has 0 aliphatic carbocycles. The van der Waals surface area contributed by atoms with E-state index >= 15 is 0 Å². The third-order valence-corrected chi connectivity index (χ3v) is 5.31. The van der Waals surface area contributed by atoms with Gasteiger partial charge in [0.2, 0.25) is 5.91 Å². The highest BCUT2D eigenvalue weighted by Gasteiger charge is 2.37. The lowest BCUT2D eigenvalue weighted by molar-refractivity contribution is -0.139. The van der Waals surface area contributed by atoms with Crippen molar-refractivity contribution in [2.45, 2.75) is 39.5 Å². The molecule has 3 rings (SSSR count). The van der Waals surface area contributed by atoms with Crippen molar-refractivity contribution in [3.63, 3.8) is 0 Å². The number of Topliss-reactive ketones (excluding diaryl/α,β-unsaturated/α-hetero) is 1. The number of hydrogen-bond acceptors (Lipinski definition) is 4. The molecule has 0 spiro atoms. The third kappa shape index (κ3) is 4.14. The summed E-state index contributed by atoms with van der Waals surface area (Å²) in [5.74, 6) is -0.340. The summed E-state index contributed by atoms with van der Waals surface area (Å²) in [5.41, 5.74) is 2.55. The quantitative estimate of drug-likeness (QED) is 0.425. The van der Waals surface area contributed by atoms with Crippen molar-refractivity contribution in [2.24, 2.45) is 5.92 Å². The zero-order chi connectivity index (χ0) is 20.3. The van der Waals surface area contributed by atoms with Crippen LogP contribution in [0.2, 0.25) is 0 Å². The molecule has 0 unspecified atom stereocenters. The van der Waals surface area contributed by atoms with Crippen molar-refractivity contribution >= 4 is 23.3 Å². The predicted molar refractivity (Wildman–Crippen MR) is 108 cm³/mol. The Balaban J connectivity index is 1.72. The van der Waals surface area contributed by atoms with Gasteiger partial charge in [0, 0.05) is 24.2 Å². The Morgan fingerprint density at radius 1 is 1.14 bits per heavy atom. The van der Waals surface area contributed by atoms with E-state index in [0.29, 0.717) is 23.8 Å². The lowest BCUT2D eigenvalue weighted by Gasteiger charge is -2.23. The molecule has 1 heterocycles. The van der Waals surface area contributed by atoms with Gasteiger partial charge in [-0.2, -0.15) is 0 Å². The first-order chi connectivity index (χ1) is 13.4. The Labute approximate surface area is 165 Å². The van der Waals surface area contributed by atoms with Gasteiger partial charge in [-0.05, 0) is 55.2 Å². The number of carbonyl (C=O) groups is 3. The molecule has 0 bridgehead atoms. The van der Waals surface area contributed by atoms with E-state index in [1.165, 1.54) is 6.92 Å². The number of esters is 1. The molecule has 1 aliphatic rings. The van der Waals surface area contributed by atoms with E-state index in [-0.39, 0.29) is 18.1 Å². The minimum absolute atomic E-state index is 0.0464. The number of ketones is 1. The van der Waals surface area contributed by atoms with E-state index < -0.39 is 11.9 Å². The minimum Gasteiger partial charge on any atom is -0.426 e. The molecule has 146 valence electrons. The molecule has 0 radical (unpaired) electrons. The number of anilines is 1. The van der Waals surface area contributed by atoms with Crippen LogP contribution < -0.4 is 9.64 Å². The maximum atomic E-state index is 12.6. The average molecular weight is 379 g/mol. The molecule has 5 nitrogen and oxygen atoms in total. The van der Waals surface area contributed by atoms with E-state index in [1.54, 1.807) is 29.2 Å². The van der Waals surface area contributed by atoms with Crippen molar-refractivity contribution in [1.29, 1.82) is 0 Å². The van der Waals surface area contributed by atoms with Crippen molar-refractivity contribution < 1.29 is 19.1 Å². The van der Waals surface area contributed by atoms with Gasteiger partial charge in [0.25, 0.3) is 0 Å². The Kier molecular flexibility index (Phi) is 5.93. The van der Waals surface area contributed by atoms with Crippen LogP contribution in [0, 0.1) is 5.92 Å². The second-order valence-electron chi connectivity index (χ2n) is 7.28. The van der Waals surface area contributed by atoms with Crippen LogP contribution in [0.15, 0.2) is 48.5 Å². The molecule has 2 aromatic carbocycles. The highest BCUT2D eigenvalue weighted by Crippen LogP contribution is 2.33. The first-order valence-electron chi connectivity index (χ1n) is 9.62. The molecule has 1 aliphatic heterocycles. The Morgan fingerprint density at radius 2 is 1.82 bits per heavy atom. The van der Waals surface area contributed by atoms with Gasteiger partial charge < -0.3 is 9.64 Å². The SMILES string of the molecule is CC[C@H](C)c1ccccc1N1C[C@H](C(=O)Oc2ccc(C(C)=O)cc2)CC1=O. The number of hydrogen-bond donors (Lipinski definition) is 0. The molecule has 1 fully saturated rings. The van der Waals surface area contributed by atoms with E-state index in [1.807, 2.05) is 24.3 Å².